The third-order valence-electron chi connectivity index (χ3n) is 4.24. The molecule has 0 fully saturated rings. The number of carbonyl (C=O) groups excluding carboxylic acids is 3. The Morgan fingerprint density at radius 1 is 0.958 bits per heavy atom. The molecule has 4 nitrogen and oxygen atoms in total. The van der Waals surface area contributed by atoms with Crippen molar-refractivity contribution >= 4 is 17.5 Å². The van der Waals surface area contributed by atoms with Crippen molar-refractivity contribution in [1.82, 2.24) is 5.32 Å². The number of hydrogen-bond donors (Lipinski definition) is 1. The molecule has 1 amide bonds. The van der Waals surface area contributed by atoms with Crippen molar-refractivity contribution in [3.63, 3.8) is 0 Å². The summed E-state index contributed by atoms with van der Waals surface area (Å²) in [5.74, 6) is -0.596. The van der Waals surface area contributed by atoms with Gasteiger partial charge in [0.05, 0.1) is 6.04 Å². The maximum atomic E-state index is 12.4. The highest BCUT2D eigenvalue weighted by Crippen LogP contribution is 2.14. The number of hydrogen-bond acceptors (Lipinski definition) is 3. The summed E-state index contributed by atoms with van der Waals surface area (Å²) in [7, 11) is 0. The average molecular weight is 331 g/mol. The number of benzene rings is 1. The summed E-state index contributed by atoms with van der Waals surface area (Å²) < 4.78 is 0. The van der Waals surface area contributed by atoms with Crippen molar-refractivity contribution in [3.8, 4) is 0 Å². The minimum atomic E-state index is -0.526. The van der Waals surface area contributed by atoms with Crippen LogP contribution in [0.5, 0.6) is 0 Å². The fourth-order valence-electron chi connectivity index (χ4n) is 2.65. The average Bonchev–Trinajstić information content (AvgIpc) is 2.52. The molecule has 0 heterocycles. The predicted molar refractivity (Wildman–Crippen MR) is 95.8 cm³/mol. The van der Waals surface area contributed by atoms with E-state index in [1.54, 1.807) is 6.92 Å². The molecule has 0 spiro atoms. The number of ketones is 2. The lowest BCUT2D eigenvalue weighted by Gasteiger charge is -2.21. The van der Waals surface area contributed by atoms with E-state index in [4.69, 9.17) is 0 Å². The van der Waals surface area contributed by atoms with Gasteiger partial charge in [-0.25, -0.2) is 0 Å². The predicted octanol–water partition coefficient (Wildman–Crippen LogP) is 3.12. The molecule has 0 bridgehead atoms. The molecule has 0 aliphatic carbocycles. The van der Waals surface area contributed by atoms with E-state index in [1.165, 1.54) is 12.5 Å². The van der Waals surface area contributed by atoms with Crippen LogP contribution in [0, 0.1) is 11.8 Å². The first-order valence-electron chi connectivity index (χ1n) is 8.64. The van der Waals surface area contributed by atoms with Crippen LogP contribution in [0.25, 0.3) is 0 Å². The lowest BCUT2D eigenvalue weighted by molar-refractivity contribution is -0.130. The second-order valence-corrected chi connectivity index (χ2v) is 6.81. The molecular weight excluding hydrogens is 302 g/mol. The van der Waals surface area contributed by atoms with Gasteiger partial charge >= 0.3 is 0 Å². The Morgan fingerprint density at radius 2 is 1.50 bits per heavy atom. The fourth-order valence-corrected chi connectivity index (χ4v) is 2.65. The SMILES string of the molecule is CCc1ccc(CC(=O)[C@H](C)CC(=O)C(NC(C)=O)C(C)C)cc1. The Balaban J connectivity index is 2.64. The first-order valence-corrected chi connectivity index (χ1v) is 8.64. The van der Waals surface area contributed by atoms with Crippen LogP contribution in [0.3, 0.4) is 0 Å². The normalized spacial score (nSPS) is 13.4. The van der Waals surface area contributed by atoms with Gasteiger partial charge in [0.15, 0.2) is 5.78 Å². The molecule has 2 atom stereocenters. The van der Waals surface area contributed by atoms with Crippen LogP contribution in [0.1, 0.15) is 52.2 Å². The number of carbonyl (C=O) groups is 3. The zero-order valence-electron chi connectivity index (χ0n) is 15.4. The van der Waals surface area contributed by atoms with E-state index in [2.05, 4.69) is 12.2 Å². The maximum absolute atomic E-state index is 12.4. The Morgan fingerprint density at radius 3 is 1.96 bits per heavy atom. The summed E-state index contributed by atoms with van der Waals surface area (Å²) in [5.41, 5.74) is 2.21. The van der Waals surface area contributed by atoms with E-state index < -0.39 is 6.04 Å². The highest BCUT2D eigenvalue weighted by atomic mass is 16.2. The van der Waals surface area contributed by atoms with Crippen molar-refractivity contribution < 1.29 is 14.4 Å². The first-order chi connectivity index (χ1) is 11.2. The van der Waals surface area contributed by atoms with E-state index in [-0.39, 0.29) is 35.7 Å². The monoisotopic (exact) mass is 331 g/mol. The number of amides is 1. The second-order valence-electron chi connectivity index (χ2n) is 6.81. The van der Waals surface area contributed by atoms with Gasteiger partial charge in [-0.3, -0.25) is 14.4 Å². The molecule has 0 aliphatic heterocycles. The van der Waals surface area contributed by atoms with Crippen LogP contribution in [-0.2, 0) is 27.2 Å². The van der Waals surface area contributed by atoms with Crippen LogP contribution in [0.4, 0.5) is 0 Å². The Labute approximate surface area is 145 Å². The standard InChI is InChI=1S/C20H29NO3/c1-6-16-7-9-17(10-8-16)12-18(23)14(4)11-19(24)20(13(2)3)21-15(5)22/h7-10,13-14,20H,6,11-12H2,1-5H3,(H,21,22)/t14-,20?/m1/s1. The van der Waals surface area contributed by atoms with Crippen molar-refractivity contribution in [2.45, 2.75) is 59.9 Å². The number of Topliss-reactive ketones (excluding diaryl/α,β-unsaturated/α-hetero) is 2. The molecule has 1 unspecified atom stereocenters. The largest absolute Gasteiger partial charge is 0.346 e. The van der Waals surface area contributed by atoms with E-state index in [0.29, 0.717) is 6.42 Å². The molecule has 0 aliphatic rings. The minimum Gasteiger partial charge on any atom is -0.346 e. The molecule has 0 radical (unpaired) electrons. The molecule has 1 aromatic rings. The van der Waals surface area contributed by atoms with Gasteiger partial charge in [-0.1, -0.05) is 52.0 Å². The molecule has 4 heteroatoms. The molecule has 0 aromatic heterocycles. The summed E-state index contributed by atoms with van der Waals surface area (Å²) in [4.78, 5) is 36.0. The molecule has 24 heavy (non-hydrogen) atoms. The van der Waals surface area contributed by atoms with Crippen LogP contribution in [-0.4, -0.2) is 23.5 Å². The Kier molecular flexibility index (Phi) is 7.83. The van der Waals surface area contributed by atoms with E-state index in [0.717, 1.165) is 12.0 Å². The van der Waals surface area contributed by atoms with E-state index in [1.807, 2.05) is 38.1 Å². The summed E-state index contributed by atoms with van der Waals surface area (Å²) in [6, 6.07) is 7.48. The second kappa shape index (κ2) is 9.36. The van der Waals surface area contributed by atoms with Gasteiger partial charge in [-0.15, -0.1) is 0 Å². The quantitative estimate of drug-likeness (QED) is 0.756. The molecule has 132 valence electrons. The summed E-state index contributed by atoms with van der Waals surface area (Å²) in [5, 5.41) is 2.69. The highest BCUT2D eigenvalue weighted by molar-refractivity contribution is 5.93. The zero-order chi connectivity index (χ0) is 18.3. The van der Waals surface area contributed by atoms with Crippen molar-refractivity contribution in [2.24, 2.45) is 11.8 Å². The van der Waals surface area contributed by atoms with Crippen LogP contribution >= 0.6 is 0 Å². The molecule has 1 rings (SSSR count). The van der Waals surface area contributed by atoms with Crippen molar-refractivity contribution in [1.29, 1.82) is 0 Å². The Bertz CT molecular complexity index is 575. The molecule has 1 aromatic carbocycles. The molecule has 1 N–H and O–H groups in total. The summed E-state index contributed by atoms with van der Waals surface area (Å²) in [6.45, 7) is 9.05. The van der Waals surface area contributed by atoms with E-state index in [9.17, 15) is 14.4 Å². The van der Waals surface area contributed by atoms with Gasteiger partial charge in [0, 0.05) is 25.7 Å². The maximum Gasteiger partial charge on any atom is 0.217 e. The highest BCUT2D eigenvalue weighted by Gasteiger charge is 2.26. The molecular formula is C20H29NO3. The van der Waals surface area contributed by atoms with Gasteiger partial charge < -0.3 is 5.32 Å². The van der Waals surface area contributed by atoms with Crippen LogP contribution < -0.4 is 5.32 Å². The van der Waals surface area contributed by atoms with Gasteiger partial charge in [-0.05, 0) is 23.5 Å². The number of aryl methyl sites for hydroxylation is 1. The number of rotatable bonds is 9. The first kappa shape index (κ1) is 20.1. The molecule has 0 saturated heterocycles. The van der Waals surface area contributed by atoms with Crippen LogP contribution in [0.15, 0.2) is 24.3 Å². The van der Waals surface area contributed by atoms with Gasteiger partial charge in [0.1, 0.15) is 5.78 Å². The van der Waals surface area contributed by atoms with Crippen molar-refractivity contribution in [2.75, 3.05) is 0 Å². The molecule has 0 saturated carbocycles. The summed E-state index contributed by atoms with van der Waals surface area (Å²) >= 11 is 0. The smallest absolute Gasteiger partial charge is 0.217 e. The third kappa shape index (κ3) is 6.26. The van der Waals surface area contributed by atoms with Gasteiger partial charge in [0.2, 0.25) is 5.91 Å². The van der Waals surface area contributed by atoms with E-state index >= 15 is 0 Å². The van der Waals surface area contributed by atoms with Gasteiger partial charge in [-0.2, -0.15) is 0 Å². The summed E-state index contributed by atoms with van der Waals surface area (Å²) in [6.07, 6.45) is 1.47. The number of nitrogens with one attached hydrogen (secondary N) is 1. The lowest BCUT2D eigenvalue weighted by atomic mass is 9.89. The third-order valence-corrected chi connectivity index (χ3v) is 4.24. The van der Waals surface area contributed by atoms with Crippen molar-refractivity contribution in [3.05, 3.63) is 35.4 Å². The Hall–Kier alpha value is -1.97. The topological polar surface area (TPSA) is 63.2 Å². The van der Waals surface area contributed by atoms with Crippen LogP contribution in [0.2, 0.25) is 0 Å². The zero-order valence-corrected chi connectivity index (χ0v) is 15.4. The fraction of sp³-hybridized carbons (Fsp3) is 0.550. The van der Waals surface area contributed by atoms with Gasteiger partial charge in [0.25, 0.3) is 0 Å². The lowest BCUT2D eigenvalue weighted by Crippen LogP contribution is -2.44. The minimum absolute atomic E-state index is 0.00490.